The van der Waals surface area contributed by atoms with Crippen LogP contribution in [-0.4, -0.2) is 49.1 Å². The number of aryl methyl sites for hydroxylation is 1. The molecule has 1 N–H and O–H groups in total. The van der Waals surface area contributed by atoms with E-state index < -0.39 is 5.41 Å². The monoisotopic (exact) mass is 446 g/mol. The van der Waals surface area contributed by atoms with Crippen LogP contribution in [0.1, 0.15) is 36.8 Å². The Hall–Kier alpha value is -2.92. The number of piperidine rings is 1. The zero-order chi connectivity index (χ0) is 23.3. The number of hydrogen-bond acceptors (Lipinski definition) is 3. The summed E-state index contributed by atoms with van der Waals surface area (Å²) in [6.45, 7) is 8.11. The summed E-state index contributed by atoms with van der Waals surface area (Å²) in [5.74, 6) is 0.129. The van der Waals surface area contributed by atoms with E-state index in [2.05, 4.69) is 67.4 Å². The molecule has 4 rings (SSSR count). The molecule has 0 saturated carbocycles. The highest BCUT2D eigenvalue weighted by Crippen LogP contribution is 2.37. The Morgan fingerprint density at radius 3 is 2.55 bits per heavy atom. The van der Waals surface area contributed by atoms with Gasteiger partial charge in [0.25, 0.3) is 5.91 Å². The molecule has 0 spiro atoms. The first-order chi connectivity index (χ1) is 16.0. The van der Waals surface area contributed by atoms with Crippen LogP contribution in [0.2, 0.25) is 0 Å². The molecule has 0 aromatic heterocycles. The van der Waals surface area contributed by atoms with Crippen molar-refractivity contribution in [2.75, 3.05) is 26.2 Å². The zero-order valence-electron chi connectivity index (χ0n) is 19.5. The number of likely N-dealkylation sites (tertiary alicyclic amines) is 1. The lowest BCUT2D eigenvalue weighted by Gasteiger charge is -2.41. The van der Waals surface area contributed by atoms with Crippen molar-refractivity contribution < 1.29 is 14.3 Å². The Bertz CT molecular complexity index is 984. The van der Waals surface area contributed by atoms with Gasteiger partial charge in [-0.05, 0) is 55.7 Å². The molecule has 2 heterocycles. The summed E-state index contributed by atoms with van der Waals surface area (Å²) in [6, 6.07) is 17.0. The molecule has 2 aliphatic rings. The van der Waals surface area contributed by atoms with Crippen LogP contribution in [0.15, 0.2) is 61.2 Å². The first kappa shape index (κ1) is 23.2. The average molecular weight is 447 g/mol. The molecule has 2 amide bonds. The van der Waals surface area contributed by atoms with E-state index in [0.717, 1.165) is 18.4 Å². The van der Waals surface area contributed by atoms with Crippen molar-refractivity contribution in [3.63, 3.8) is 0 Å². The SMILES string of the molecule is C=CCNC(=O)C1(Cc2ccc(-c3cccc(C)c3)cc2)CCN(C(=O)C2CCCO2)CC1. The molecule has 5 nitrogen and oxygen atoms in total. The molecule has 174 valence electrons. The van der Waals surface area contributed by atoms with Gasteiger partial charge in [0.1, 0.15) is 6.10 Å². The van der Waals surface area contributed by atoms with Gasteiger partial charge >= 0.3 is 0 Å². The summed E-state index contributed by atoms with van der Waals surface area (Å²) in [6.07, 6.45) is 5.10. The minimum absolute atomic E-state index is 0.0503. The predicted octanol–water partition coefficient (Wildman–Crippen LogP) is 4.29. The minimum Gasteiger partial charge on any atom is -0.368 e. The molecule has 2 aromatic rings. The Balaban J connectivity index is 1.48. The second-order valence-electron chi connectivity index (χ2n) is 9.35. The second-order valence-corrected chi connectivity index (χ2v) is 9.35. The standard InChI is InChI=1S/C28H34N2O3/c1-3-15-29-27(32)28(13-16-30(17-14-28)26(31)25-8-5-18-33-25)20-22-9-11-23(12-10-22)24-7-4-6-21(2)19-24/h3-4,6-7,9-12,19,25H,1,5,8,13-18,20H2,2H3,(H,29,32). The van der Waals surface area contributed by atoms with Gasteiger partial charge in [0, 0.05) is 26.2 Å². The van der Waals surface area contributed by atoms with Gasteiger partial charge < -0.3 is 15.0 Å². The van der Waals surface area contributed by atoms with E-state index in [-0.39, 0.29) is 17.9 Å². The molecule has 2 fully saturated rings. The lowest BCUT2D eigenvalue weighted by Crippen LogP contribution is -2.52. The molecular weight excluding hydrogens is 412 g/mol. The van der Waals surface area contributed by atoms with Crippen molar-refractivity contribution in [3.05, 3.63) is 72.3 Å². The fourth-order valence-electron chi connectivity index (χ4n) is 5.00. The highest BCUT2D eigenvalue weighted by atomic mass is 16.5. The fourth-order valence-corrected chi connectivity index (χ4v) is 5.00. The van der Waals surface area contributed by atoms with Crippen LogP contribution in [0.3, 0.4) is 0 Å². The van der Waals surface area contributed by atoms with Gasteiger partial charge in [-0.25, -0.2) is 0 Å². The lowest BCUT2D eigenvalue weighted by atomic mass is 9.72. The van der Waals surface area contributed by atoms with Gasteiger partial charge in [-0.1, -0.05) is 60.2 Å². The number of benzene rings is 2. The van der Waals surface area contributed by atoms with E-state index in [1.807, 2.05) is 4.90 Å². The highest BCUT2D eigenvalue weighted by Gasteiger charge is 2.43. The van der Waals surface area contributed by atoms with Gasteiger partial charge in [0.2, 0.25) is 5.91 Å². The van der Waals surface area contributed by atoms with Gasteiger partial charge in [-0.2, -0.15) is 0 Å². The van der Waals surface area contributed by atoms with Crippen LogP contribution in [0.4, 0.5) is 0 Å². The predicted molar refractivity (Wildman–Crippen MR) is 131 cm³/mol. The number of hydrogen-bond donors (Lipinski definition) is 1. The molecule has 2 aromatic carbocycles. The summed E-state index contributed by atoms with van der Waals surface area (Å²) in [5.41, 5.74) is 4.21. The van der Waals surface area contributed by atoms with Crippen molar-refractivity contribution in [3.8, 4) is 11.1 Å². The second kappa shape index (κ2) is 10.3. The molecule has 0 bridgehead atoms. The smallest absolute Gasteiger partial charge is 0.251 e. The van der Waals surface area contributed by atoms with E-state index >= 15 is 0 Å². The molecular formula is C28H34N2O3. The Labute approximate surface area is 196 Å². The fraction of sp³-hybridized carbons (Fsp3) is 0.429. The molecule has 2 aliphatic heterocycles. The topological polar surface area (TPSA) is 58.6 Å². The normalized spacial score (nSPS) is 19.8. The van der Waals surface area contributed by atoms with Gasteiger partial charge in [-0.15, -0.1) is 6.58 Å². The molecule has 1 unspecified atom stereocenters. The molecule has 33 heavy (non-hydrogen) atoms. The number of ether oxygens (including phenoxy) is 1. The maximum atomic E-state index is 13.3. The summed E-state index contributed by atoms with van der Waals surface area (Å²) in [5, 5.41) is 3.02. The van der Waals surface area contributed by atoms with Gasteiger partial charge in [0.15, 0.2) is 0 Å². The third kappa shape index (κ3) is 5.36. The van der Waals surface area contributed by atoms with Crippen LogP contribution in [0.5, 0.6) is 0 Å². The maximum absolute atomic E-state index is 13.3. The molecule has 5 heteroatoms. The van der Waals surface area contributed by atoms with Crippen LogP contribution < -0.4 is 5.32 Å². The highest BCUT2D eigenvalue weighted by molar-refractivity contribution is 5.85. The van der Waals surface area contributed by atoms with Crippen LogP contribution in [0.25, 0.3) is 11.1 Å². The summed E-state index contributed by atoms with van der Waals surface area (Å²) in [7, 11) is 0. The van der Waals surface area contributed by atoms with Crippen molar-refractivity contribution in [2.24, 2.45) is 5.41 Å². The van der Waals surface area contributed by atoms with Crippen molar-refractivity contribution in [1.82, 2.24) is 10.2 Å². The quantitative estimate of drug-likeness (QED) is 0.646. The number of amides is 2. The Kier molecular flexibility index (Phi) is 7.29. The zero-order valence-corrected chi connectivity index (χ0v) is 19.5. The number of rotatable bonds is 7. The Morgan fingerprint density at radius 1 is 1.15 bits per heavy atom. The molecule has 1 atom stereocenters. The molecule has 2 saturated heterocycles. The van der Waals surface area contributed by atoms with Crippen molar-refractivity contribution in [1.29, 1.82) is 0 Å². The third-order valence-electron chi connectivity index (χ3n) is 6.97. The summed E-state index contributed by atoms with van der Waals surface area (Å²) >= 11 is 0. The van der Waals surface area contributed by atoms with E-state index in [0.29, 0.717) is 45.5 Å². The van der Waals surface area contributed by atoms with E-state index in [9.17, 15) is 9.59 Å². The van der Waals surface area contributed by atoms with Crippen LogP contribution in [-0.2, 0) is 20.7 Å². The van der Waals surface area contributed by atoms with E-state index in [1.54, 1.807) is 6.08 Å². The first-order valence-electron chi connectivity index (χ1n) is 12.0. The number of carbonyl (C=O) groups excluding carboxylic acids is 2. The minimum atomic E-state index is -0.527. The van der Waals surface area contributed by atoms with E-state index in [4.69, 9.17) is 4.74 Å². The average Bonchev–Trinajstić information content (AvgIpc) is 3.38. The number of nitrogens with one attached hydrogen (secondary N) is 1. The maximum Gasteiger partial charge on any atom is 0.251 e. The van der Waals surface area contributed by atoms with Crippen LogP contribution in [0, 0.1) is 12.3 Å². The number of carbonyl (C=O) groups is 2. The summed E-state index contributed by atoms with van der Waals surface area (Å²) < 4.78 is 5.59. The molecule has 0 aliphatic carbocycles. The first-order valence-corrected chi connectivity index (χ1v) is 12.0. The largest absolute Gasteiger partial charge is 0.368 e. The van der Waals surface area contributed by atoms with E-state index in [1.165, 1.54) is 16.7 Å². The van der Waals surface area contributed by atoms with Gasteiger partial charge in [0.05, 0.1) is 5.41 Å². The Morgan fingerprint density at radius 2 is 1.91 bits per heavy atom. The number of nitrogens with zero attached hydrogens (tertiary/aromatic N) is 1. The summed E-state index contributed by atoms with van der Waals surface area (Å²) in [4.78, 5) is 27.9. The molecule has 0 radical (unpaired) electrons. The third-order valence-corrected chi connectivity index (χ3v) is 6.97. The lowest BCUT2D eigenvalue weighted by molar-refractivity contribution is -0.146. The van der Waals surface area contributed by atoms with Crippen LogP contribution >= 0.6 is 0 Å². The van der Waals surface area contributed by atoms with Crippen molar-refractivity contribution in [2.45, 2.75) is 45.1 Å². The van der Waals surface area contributed by atoms with Crippen molar-refractivity contribution >= 4 is 11.8 Å². The van der Waals surface area contributed by atoms with Gasteiger partial charge in [-0.3, -0.25) is 9.59 Å².